The Bertz CT molecular complexity index is 1060. The molecule has 30 heavy (non-hydrogen) atoms. The summed E-state index contributed by atoms with van der Waals surface area (Å²) in [7, 11) is 1.37. The van der Waals surface area contributed by atoms with E-state index in [-0.39, 0.29) is 11.7 Å². The van der Waals surface area contributed by atoms with Gasteiger partial charge < -0.3 is 10.1 Å². The molecule has 1 heterocycles. The summed E-state index contributed by atoms with van der Waals surface area (Å²) in [6, 6.07) is 15.7. The van der Waals surface area contributed by atoms with Crippen LogP contribution in [0.25, 0.3) is 0 Å². The highest BCUT2D eigenvalue weighted by atomic mass is 35.5. The van der Waals surface area contributed by atoms with Crippen LogP contribution in [0.4, 0.5) is 0 Å². The van der Waals surface area contributed by atoms with E-state index in [1.165, 1.54) is 7.11 Å². The highest BCUT2D eigenvalue weighted by molar-refractivity contribution is 6.30. The van der Waals surface area contributed by atoms with E-state index in [1.807, 2.05) is 62.4 Å². The van der Waals surface area contributed by atoms with Crippen molar-refractivity contribution in [3.63, 3.8) is 0 Å². The van der Waals surface area contributed by atoms with E-state index in [0.717, 1.165) is 28.1 Å². The minimum atomic E-state index is -0.423. The maximum atomic E-state index is 13.4. The van der Waals surface area contributed by atoms with Gasteiger partial charge in [-0.1, -0.05) is 53.6 Å². The van der Waals surface area contributed by atoms with Crippen molar-refractivity contribution in [2.75, 3.05) is 7.11 Å². The van der Waals surface area contributed by atoms with E-state index >= 15 is 0 Å². The molecule has 1 aliphatic heterocycles. The molecule has 154 valence electrons. The molecule has 2 aromatic rings. The lowest BCUT2D eigenvalue weighted by molar-refractivity contribution is -0.136. The number of methoxy groups -OCH3 is 1. The van der Waals surface area contributed by atoms with Crippen LogP contribution in [0.3, 0.4) is 0 Å². The number of hydrogen-bond acceptors (Lipinski definition) is 4. The first-order valence-electron chi connectivity index (χ1n) is 10.0. The number of nitrogens with one attached hydrogen (secondary N) is 1. The molecule has 0 aromatic heterocycles. The van der Waals surface area contributed by atoms with Gasteiger partial charge >= 0.3 is 5.97 Å². The molecule has 4 rings (SSSR count). The van der Waals surface area contributed by atoms with Gasteiger partial charge in [-0.2, -0.15) is 0 Å². The number of Topliss-reactive ketones (excluding diaryl/α,β-unsaturated/α-hetero) is 1. The first kappa shape index (κ1) is 20.4. The number of allylic oxidation sites excluding steroid dienone is 3. The van der Waals surface area contributed by atoms with Gasteiger partial charge in [0.2, 0.25) is 0 Å². The lowest BCUT2D eigenvalue weighted by atomic mass is 9.71. The molecule has 0 radical (unpaired) electrons. The number of ketones is 1. The molecule has 2 atom stereocenters. The molecular weight excluding hydrogens is 398 g/mol. The van der Waals surface area contributed by atoms with Crippen molar-refractivity contribution < 1.29 is 14.3 Å². The molecular formula is C25H24ClNO3. The molecule has 0 fully saturated rings. The fourth-order valence-electron chi connectivity index (χ4n) is 4.48. The highest BCUT2D eigenvalue weighted by Crippen LogP contribution is 2.45. The van der Waals surface area contributed by atoms with Gasteiger partial charge in [0.1, 0.15) is 0 Å². The molecule has 0 saturated heterocycles. The summed E-state index contributed by atoms with van der Waals surface area (Å²) in [6.07, 6.45) is 1.11. The van der Waals surface area contributed by atoms with Gasteiger partial charge in [-0.3, -0.25) is 4.79 Å². The number of rotatable bonds is 3. The number of aryl methyl sites for hydroxylation is 1. The molecule has 0 unspecified atom stereocenters. The van der Waals surface area contributed by atoms with Gasteiger partial charge in [-0.15, -0.1) is 0 Å². The monoisotopic (exact) mass is 421 g/mol. The molecule has 1 N–H and O–H groups in total. The zero-order valence-electron chi connectivity index (χ0n) is 17.3. The lowest BCUT2D eigenvalue weighted by Crippen LogP contribution is -2.36. The largest absolute Gasteiger partial charge is 0.466 e. The lowest BCUT2D eigenvalue weighted by Gasteiger charge is -2.36. The molecule has 4 nitrogen and oxygen atoms in total. The Morgan fingerprint density at radius 2 is 1.63 bits per heavy atom. The number of hydrogen-bond donors (Lipinski definition) is 1. The SMILES string of the molecule is COC(=O)C1=C(C)NC2=C(C(=O)C[C@H](c3ccc(Cl)cc3)C2)[C@@H]1c1ccc(C)cc1. The van der Waals surface area contributed by atoms with Gasteiger partial charge in [0.05, 0.1) is 12.7 Å². The van der Waals surface area contributed by atoms with Gasteiger partial charge in [-0.05, 0) is 49.4 Å². The number of ether oxygens (including phenoxy) is 1. The summed E-state index contributed by atoms with van der Waals surface area (Å²) in [4.78, 5) is 26.1. The summed E-state index contributed by atoms with van der Waals surface area (Å²) in [6.45, 7) is 3.88. The Balaban J connectivity index is 1.79. The minimum Gasteiger partial charge on any atom is -0.466 e. The number of esters is 1. The number of halogens is 1. The molecule has 5 heteroatoms. The van der Waals surface area contributed by atoms with Crippen LogP contribution in [0.2, 0.25) is 5.02 Å². The second-order valence-corrected chi connectivity index (χ2v) is 8.41. The van der Waals surface area contributed by atoms with Crippen molar-refractivity contribution in [1.82, 2.24) is 5.32 Å². The summed E-state index contributed by atoms with van der Waals surface area (Å²) in [5.74, 6) is -0.701. The van der Waals surface area contributed by atoms with Gasteiger partial charge in [0.25, 0.3) is 0 Å². The predicted octanol–water partition coefficient (Wildman–Crippen LogP) is 5.18. The van der Waals surface area contributed by atoms with Crippen LogP contribution in [0.1, 0.15) is 48.3 Å². The first-order valence-corrected chi connectivity index (χ1v) is 10.4. The van der Waals surface area contributed by atoms with Crippen molar-refractivity contribution in [2.45, 2.75) is 38.5 Å². The number of carbonyl (C=O) groups is 2. The van der Waals surface area contributed by atoms with Crippen LogP contribution in [-0.4, -0.2) is 18.9 Å². The van der Waals surface area contributed by atoms with Gasteiger partial charge in [0.15, 0.2) is 5.78 Å². The summed E-state index contributed by atoms with van der Waals surface area (Å²) in [5.41, 5.74) is 5.94. The summed E-state index contributed by atoms with van der Waals surface area (Å²) < 4.78 is 5.07. The Morgan fingerprint density at radius 3 is 2.27 bits per heavy atom. The van der Waals surface area contributed by atoms with Crippen LogP contribution < -0.4 is 5.32 Å². The normalized spacial score (nSPS) is 21.3. The van der Waals surface area contributed by atoms with Crippen LogP contribution in [-0.2, 0) is 14.3 Å². The minimum absolute atomic E-state index is 0.0585. The third-order valence-electron chi connectivity index (χ3n) is 5.98. The topological polar surface area (TPSA) is 55.4 Å². The molecule has 0 bridgehead atoms. The standard InChI is InChI=1S/C25H24ClNO3/c1-14-4-6-17(7-5-14)23-22(25(29)30-3)15(2)27-20-12-18(13-21(28)24(20)23)16-8-10-19(26)11-9-16/h4-11,18,23,27H,12-13H2,1-3H3/t18-,23-/m1/s1. The van der Waals surface area contributed by atoms with Crippen molar-refractivity contribution >= 4 is 23.4 Å². The van der Waals surface area contributed by atoms with Crippen molar-refractivity contribution in [3.05, 3.63) is 92.8 Å². The zero-order valence-corrected chi connectivity index (χ0v) is 18.0. The molecule has 2 aromatic carbocycles. The van der Waals surface area contributed by atoms with E-state index in [0.29, 0.717) is 29.0 Å². The number of benzene rings is 2. The average Bonchev–Trinajstić information content (AvgIpc) is 2.73. The molecule has 0 amide bonds. The quantitative estimate of drug-likeness (QED) is 0.693. The van der Waals surface area contributed by atoms with Crippen molar-refractivity contribution in [1.29, 1.82) is 0 Å². The molecule has 1 aliphatic carbocycles. The fourth-order valence-corrected chi connectivity index (χ4v) is 4.61. The van der Waals surface area contributed by atoms with Crippen molar-refractivity contribution in [2.24, 2.45) is 0 Å². The van der Waals surface area contributed by atoms with E-state index in [1.54, 1.807) is 0 Å². The van der Waals surface area contributed by atoms with Crippen LogP contribution in [0.5, 0.6) is 0 Å². The predicted molar refractivity (Wildman–Crippen MR) is 117 cm³/mol. The second-order valence-electron chi connectivity index (χ2n) is 7.97. The van der Waals surface area contributed by atoms with Crippen LogP contribution in [0.15, 0.2) is 71.1 Å². The third kappa shape index (κ3) is 3.68. The van der Waals surface area contributed by atoms with Crippen LogP contribution in [0, 0.1) is 6.92 Å². The first-order chi connectivity index (χ1) is 14.4. The highest BCUT2D eigenvalue weighted by Gasteiger charge is 2.41. The summed E-state index contributed by atoms with van der Waals surface area (Å²) in [5, 5.41) is 4.03. The van der Waals surface area contributed by atoms with Gasteiger partial charge in [0, 0.05) is 34.3 Å². The second kappa shape index (κ2) is 8.11. The average molecular weight is 422 g/mol. The van der Waals surface area contributed by atoms with E-state index in [2.05, 4.69) is 5.32 Å². The summed E-state index contributed by atoms with van der Waals surface area (Å²) >= 11 is 6.03. The Labute approximate surface area is 181 Å². The maximum absolute atomic E-state index is 13.4. The van der Waals surface area contributed by atoms with Gasteiger partial charge in [-0.25, -0.2) is 4.79 Å². The number of dihydropyridines is 1. The Hall–Kier alpha value is -2.85. The van der Waals surface area contributed by atoms with E-state index in [9.17, 15) is 9.59 Å². The maximum Gasteiger partial charge on any atom is 0.336 e. The third-order valence-corrected chi connectivity index (χ3v) is 6.24. The fraction of sp³-hybridized carbons (Fsp3) is 0.280. The zero-order chi connectivity index (χ0) is 21.4. The smallest absolute Gasteiger partial charge is 0.336 e. The molecule has 2 aliphatic rings. The Kier molecular flexibility index (Phi) is 5.52. The van der Waals surface area contributed by atoms with E-state index < -0.39 is 11.9 Å². The molecule has 0 saturated carbocycles. The molecule has 0 spiro atoms. The van der Waals surface area contributed by atoms with Crippen LogP contribution >= 0.6 is 11.6 Å². The number of carbonyl (C=O) groups excluding carboxylic acids is 2. The van der Waals surface area contributed by atoms with E-state index in [4.69, 9.17) is 16.3 Å². The van der Waals surface area contributed by atoms with Crippen molar-refractivity contribution in [3.8, 4) is 0 Å². The Morgan fingerprint density at radius 1 is 1.00 bits per heavy atom.